The van der Waals surface area contributed by atoms with Crippen molar-refractivity contribution in [3.8, 4) is 0 Å². The molecule has 2 aliphatic heterocycles. The first-order chi connectivity index (χ1) is 14.0. The first kappa shape index (κ1) is 18.9. The number of para-hydroxylation sites is 1. The molecular weight excluding hydrogens is 370 g/mol. The second-order valence-electron chi connectivity index (χ2n) is 7.28. The van der Waals surface area contributed by atoms with Gasteiger partial charge in [-0.2, -0.15) is 0 Å². The smallest absolute Gasteiger partial charge is 0.256 e. The van der Waals surface area contributed by atoms with Gasteiger partial charge in [0, 0.05) is 17.8 Å². The fourth-order valence-electron chi connectivity index (χ4n) is 3.93. The molecule has 2 heterocycles. The second kappa shape index (κ2) is 7.50. The van der Waals surface area contributed by atoms with Crippen LogP contribution in [0.1, 0.15) is 40.5 Å². The average molecular weight is 391 g/mol. The minimum Gasteiger partial charge on any atom is -0.327 e. The fraction of sp³-hybridized carbons (Fsp3) is 0.273. The van der Waals surface area contributed by atoms with Crippen LogP contribution in [-0.4, -0.2) is 47.5 Å². The molecule has 1 N–H and O–H groups in total. The van der Waals surface area contributed by atoms with E-state index in [0.29, 0.717) is 35.5 Å². The van der Waals surface area contributed by atoms with E-state index in [9.17, 15) is 19.2 Å². The summed E-state index contributed by atoms with van der Waals surface area (Å²) in [6, 6.07) is 13.0. The number of rotatable bonds is 4. The highest BCUT2D eigenvalue weighted by Gasteiger charge is 2.42. The molecule has 0 aromatic heterocycles. The molecule has 148 valence electrons. The predicted molar refractivity (Wildman–Crippen MR) is 108 cm³/mol. The Morgan fingerprint density at radius 3 is 2.69 bits per heavy atom. The van der Waals surface area contributed by atoms with E-state index in [1.165, 1.54) is 11.8 Å². The van der Waals surface area contributed by atoms with Gasteiger partial charge in [-0.15, -0.1) is 0 Å². The summed E-state index contributed by atoms with van der Waals surface area (Å²) in [5.74, 6) is -0.910. The van der Waals surface area contributed by atoms with Gasteiger partial charge in [0.05, 0.1) is 11.3 Å². The lowest BCUT2D eigenvalue weighted by atomic mass is 10.1. The van der Waals surface area contributed by atoms with Crippen LogP contribution in [0, 0.1) is 0 Å². The van der Waals surface area contributed by atoms with Crippen molar-refractivity contribution in [3.05, 3.63) is 59.7 Å². The van der Waals surface area contributed by atoms with Crippen molar-refractivity contribution in [2.45, 2.75) is 25.8 Å². The molecule has 0 radical (unpaired) electrons. The van der Waals surface area contributed by atoms with E-state index in [1.54, 1.807) is 53.4 Å². The first-order valence-corrected chi connectivity index (χ1v) is 9.58. The topological polar surface area (TPSA) is 86.8 Å². The van der Waals surface area contributed by atoms with Crippen molar-refractivity contribution in [2.75, 3.05) is 23.3 Å². The van der Waals surface area contributed by atoms with Gasteiger partial charge in [0.1, 0.15) is 12.6 Å². The lowest BCUT2D eigenvalue weighted by Gasteiger charge is -2.25. The highest BCUT2D eigenvalue weighted by Crippen LogP contribution is 2.32. The molecule has 4 rings (SSSR count). The van der Waals surface area contributed by atoms with Gasteiger partial charge in [-0.25, -0.2) is 0 Å². The van der Waals surface area contributed by atoms with E-state index in [0.717, 1.165) is 6.42 Å². The molecule has 7 nitrogen and oxygen atoms in total. The van der Waals surface area contributed by atoms with Gasteiger partial charge in [-0.3, -0.25) is 19.2 Å². The maximum absolute atomic E-state index is 13.2. The third kappa shape index (κ3) is 3.51. The standard InChI is InChI=1S/C22H21N3O4/c1-14(26)15-6-4-7-16(12-15)23-20(27)13-25-18-9-3-2-8-17(18)21(28)24-11-5-10-19(24)22(25)29/h2-4,6-9,12,19H,5,10-11,13H2,1H3,(H,23,27)/t19-/m1/s1. The van der Waals surface area contributed by atoms with E-state index in [1.807, 2.05) is 0 Å². The van der Waals surface area contributed by atoms with Gasteiger partial charge in [0.2, 0.25) is 11.8 Å². The number of carbonyl (C=O) groups is 4. The summed E-state index contributed by atoms with van der Waals surface area (Å²) in [5, 5.41) is 2.74. The second-order valence-corrected chi connectivity index (χ2v) is 7.28. The first-order valence-electron chi connectivity index (χ1n) is 9.58. The minimum atomic E-state index is -0.538. The number of Topliss-reactive ketones (excluding diaryl/α,β-unsaturated/α-hetero) is 1. The van der Waals surface area contributed by atoms with Crippen LogP contribution in [0.25, 0.3) is 0 Å². The summed E-state index contributed by atoms with van der Waals surface area (Å²) >= 11 is 0. The Morgan fingerprint density at radius 2 is 1.90 bits per heavy atom. The number of nitrogens with zero attached hydrogens (tertiary/aromatic N) is 2. The number of hydrogen-bond acceptors (Lipinski definition) is 4. The van der Waals surface area contributed by atoms with Crippen LogP contribution in [0.15, 0.2) is 48.5 Å². The fourth-order valence-corrected chi connectivity index (χ4v) is 3.93. The molecule has 1 fully saturated rings. The van der Waals surface area contributed by atoms with Crippen LogP contribution in [0.3, 0.4) is 0 Å². The monoisotopic (exact) mass is 391 g/mol. The van der Waals surface area contributed by atoms with Gasteiger partial charge in [0.15, 0.2) is 5.78 Å². The van der Waals surface area contributed by atoms with Crippen molar-refractivity contribution < 1.29 is 19.2 Å². The van der Waals surface area contributed by atoms with Crippen LogP contribution < -0.4 is 10.2 Å². The van der Waals surface area contributed by atoms with E-state index in [-0.39, 0.29) is 24.1 Å². The summed E-state index contributed by atoms with van der Waals surface area (Å²) in [7, 11) is 0. The van der Waals surface area contributed by atoms with Crippen molar-refractivity contribution in [1.82, 2.24) is 4.90 Å². The summed E-state index contributed by atoms with van der Waals surface area (Å²) in [4.78, 5) is 53.3. The van der Waals surface area contributed by atoms with Crippen LogP contribution in [0.5, 0.6) is 0 Å². The predicted octanol–water partition coefficient (Wildman–Crippen LogP) is 2.48. The number of fused-ring (bicyclic) bond motifs is 2. The molecule has 0 aliphatic carbocycles. The van der Waals surface area contributed by atoms with Gasteiger partial charge in [0.25, 0.3) is 5.91 Å². The number of anilines is 2. The summed E-state index contributed by atoms with van der Waals surface area (Å²) in [5.41, 5.74) is 1.85. The normalized spacial score (nSPS) is 18.2. The van der Waals surface area contributed by atoms with Crippen molar-refractivity contribution in [1.29, 1.82) is 0 Å². The molecule has 7 heteroatoms. The zero-order valence-electron chi connectivity index (χ0n) is 16.1. The van der Waals surface area contributed by atoms with Gasteiger partial charge in [-0.05, 0) is 44.0 Å². The molecule has 0 spiro atoms. The van der Waals surface area contributed by atoms with Gasteiger partial charge >= 0.3 is 0 Å². The zero-order chi connectivity index (χ0) is 20.5. The molecule has 29 heavy (non-hydrogen) atoms. The lowest BCUT2D eigenvalue weighted by molar-refractivity contribution is -0.124. The zero-order valence-corrected chi connectivity index (χ0v) is 16.1. The molecule has 1 saturated heterocycles. The maximum Gasteiger partial charge on any atom is 0.256 e. The Labute approximate surface area is 168 Å². The molecule has 2 aromatic carbocycles. The Bertz CT molecular complexity index is 1020. The van der Waals surface area contributed by atoms with Gasteiger partial charge in [-0.1, -0.05) is 24.3 Å². The summed E-state index contributed by atoms with van der Waals surface area (Å²) < 4.78 is 0. The quantitative estimate of drug-likeness (QED) is 0.812. The molecule has 1 atom stereocenters. The van der Waals surface area contributed by atoms with E-state index in [4.69, 9.17) is 0 Å². The van der Waals surface area contributed by atoms with E-state index >= 15 is 0 Å². The SMILES string of the molecule is CC(=O)c1cccc(NC(=O)CN2C(=O)[C@H]3CCCN3C(=O)c3ccccc32)c1. The maximum atomic E-state index is 13.2. The minimum absolute atomic E-state index is 0.0995. The molecule has 2 aromatic rings. The van der Waals surface area contributed by atoms with Crippen molar-refractivity contribution in [3.63, 3.8) is 0 Å². The molecule has 0 unspecified atom stereocenters. The Hall–Kier alpha value is -3.48. The van der Waals surface area contributed by atoms with Crippen molar-refractivity contribution >= 4 is 34.9 Å². The van der Waals surface area contributed by atoms with E-state index < -0.39 is 11.9 Å². The van der Waals surface area contributed by atoms with Crippen LogP contribution >= 0.6 is 0 Å². The lowest BCUT2D eigenvalue weighted by Crippen LogP contribution is -2.47. The Balaban J connectivity index is 1.61. The highest BCUT2D eigenvalue weighted by atomic mass is 16.2. The number of ketones is 1. The third-order valence-electron chi connectivity index (χ3n) is 5.34. The number of amides is 3. The molecule has 2 aliphatic rings. The Kier molecular flexibility index (Phi) is 4.88. The third-order valence-corrected chi connectivity index (χ3v) is 5.34. The molecular formula is C22H21N3O4. The van der Waals surface area contributed by atoms with Crippen LogP contribution in [-0.2, 0) is 9.59 Å². The Morgan fingerprint density at radius 1 is 1.10 bits per heavy atom. The average Bonchev–Trinajstić information content (AvgIpc) is 3.18. The van der Waals surface area contributed by atoms with Crippen molar-refractivity contribution in [2.24, 2.45) is 0 Å². The molecule has 3 amide bonds. The van der Waals surface area contributed by atoms with E-state index in [2.05, 4.69) is 5.32 Å². The van der Waals surface area contributed by atoms with Crippen LogP contribution in [0.2, 0.25) is 0 Å². The number of nitrogens with one attached hydrogen (secondary N) is 1. The molecule has 0 saturated carbocycles. The highest BCUT2D eigenvalue weighted by molar-refractivity contribution is 6.13. The summed E-state index contributed by atoms with van der Waals surface area (Å²) in [6.07, 6.45) is 1.36. The largest absolute Gasteiger partial charge is 0.327 e. The number of hydrogen-bond donors (Lipinski definition) is 1. The summed E-state index contributed by atoms with van der Waals surface area (Å²) in [6.45, 7) is 1.79. The van der Waals surface area contributed by atoms with Gasteiger partial charge < -0.3 is 15.1 Å². The molecule has 0 bridgehead atoms. The number of carbonyl (C=O) groups excluding carboxylic acids is 4. The number of benzene rings is 2. The van der Waals surface area contributed by atoms with Crippen LogP contribution in [0.4, 0.5) is 11.4 Å².